The molecule has 3 heterocycles. The molecule has 0 bridgehead atoms. The second-order valence-corrected chi connectivity index (χ2v) is 11.1. The molecule has 5 rings (SSSR count). The van der Waals surface area contributed by atoms with Crippen molar-refractivity contribution in [3.63, 3.8) is 0 Å². The molecule has 1 aromatic heterocycles. The normalized spacial score (nSPS) is 30.6. The minimum atomic E-state index is -1.96. The Morgan fingerprint density at radius 2 is 1.52 bits per heavy atom. The van der Waals surface area contributed by atoms with Crippen LogP contribution in [0.1, 0.15) is 6.92 Å². The molecule has 0 saturated carbocycles. The maximum absolute atomic E-state index is 13.0. The number of aliphatic hydroxyl groups is 6. The molecule has 10 atom stereocenters. The van der Waals surface area contributed by atoms with Crippen LogP contribution in [-0.2, 0) is 23.7 Å². The summed E-state index contributed by atoms with van der Waals surface area (Å²) >= 11 is 0. The van der Waals surface area contributed by atoms with Crippen LogP contribution >= 0.6 is 0 Å². The predicted molar refractivity (Wildman–Crippen MR) is 156 cm³/mol. The summed E-state index contributed by atoms with van der Waals surface area (Å²) in [5.74, 6) is -3.21. The van der Waals surface area contributed by atoms with Gasteiger partial charge >= 0.3 is 5.97 Å². The molecule has 18 heteroatoms. The van der Waals surface area contributed by atoms with Gasteiger partial charge in [0.2, 0.25) is 12.0 Å². The van der Waals surface area contributed by atoms with E-state index in [1.807, 2.05) is 0 Å². The fourth-order valence-electron chi connectivity index (χ4n) is 5.30. The summed E-state index contributed by atoms with van der Waals surface area (Å²) in [7, 11) is 1.34. The topological polar surface area (TPSA) is 285 Å². The molecule has 2 aliphatic heterocycles. The Morgan fingerprint density at radius 1 is 0.833 bits per heavy atom. The van der Waals surface area contributed by atoms with E-state index in [-0.39, 0.29) is 22.8 Å². The molecule has 18 nitrogen and oxygen atoms in total. The van der Waals surface area contributed by atoms with Crippen molar-refractivity contribution in [2.24, 2.45) is 0 Å². The summed E-state index contributed by atoms with van der Waals surface area (Å²) in [6, 6.07) is 5.91. The highest BCUT2D eigenvalue weighted by molar-refractivity contribution is 5.91. The van der Waals surface area contributed by atoms with Crippen LogP contribution < -0.4 is 14.9 Å². The van der Waals surface area contributed by atoms with Gasteiger partial charge in [0.15, 0.2) is 40.7 Å². The molecule has 2 aromatic carbocycles. The standard InChI is InChI=1S/C30H34O18/c1-10(32)43-9-19-22(37)24(39)26(41)29(47-19)48-28-25(40)21(36)18(8-31)46-30(28)45-17-7-14(35)20-13(34)6-16(44-27(20)23(17)38)11-3-4-15(42-2)12(33)5-11/h3-7,18-19,21-22,24-26,28-31,33,35-41H,8-9H2,1-2H3/t18-,19+,21-,22-,24-,25-,26+,28+,29-,30+/m0/s1. The number of carbonyl (C=O) groups is 1. The molecule has 3 aromatic rings. The average molecular weight is 683 g/mol. The number of ether oxygens (including phenoxy) is 6. The lowest BCUT2D eigenvalue weighted by Crippen LogP contribution is -2.65. The zero-order chi connectivity index (χ0) is 35.0. The SMILES string of the molecule is COc1ccc(-c2cc(=O)c3c(O)cc(O[C@@H]4O[C@@H](CO)[C@H](O)[C@H](O)[C@H]4O[C@@H]4O[C@H](COC(C)=O)[C@H](O)[C@H](O)[C@H]4O)c(O)c3o2)cc1O. The third-order valence-corrected chi connectivity index (χ3v) is 7.86. The van der Waals surface area contributed by atoms with E-state index in [4.69, 9.17) is 32.8 Å². The number of carbonyl (C=O) groups excluding carboxylic acids is 1. The number of hydrogen-bond acceptors (Lipinski definition) is 18. The number of esters is 1. The second kappa shape index (κ2) is 14.1. The third kappa shape index (κ3) is 6.70. The summed E-state index contributed by atoms with van der Waals surface area (Å²) in [4.78, 5) is 24.3. The van der Waals surface area contributed by atoms with Gasteiger partial charge in [0.25, 0.3) is 0 Å². The van der Waals surface area contributed by atoms with E-state index >= 15 is 0 Å². The summed E-state index contributed by atoms with van der Waals surface area (Å²) in [6.07, 6.45) is -17.8. The second-order valence-electron chi connectivity index (χ2n) is 11.1. The molecule has 0 spiro atoms. The van der Waals surface area contributed by atoms with Gasteiger partial charge in [-0.2, -0.15) is 0 Å². The lowest BCUT2D eigenvalue weighted by atomic mass is 9.97. The Bertz CT molecular complexity index is 1690. The van der Waals surface area contributed by atoms with Crippen LogP contribution in [0.5, 0.6) is 28.7 Å². The van der Waals surface area contributed by atoms with Crippen LogP contribution in [0.25, 0.3) is 22.3 Å². The molecule has 0 unspecified atom stereocenters. The number of hydrogen-bond donors (Lipinski definition) is 9. The molecule has 2 fully saturated rings. The largest absolute Gasteiger partial charge is 0.507 e. The van der Waals surface area contributed by atoms with Gasteiger partial charge in [0.05, 0.1) is 13.7 Å². The Balaban J connectivity index is 1.49. The van der Waals surface area contributed by atoms with Crippen LogP contribution in [0, 0.1) is 0 Å². The van der Waals surface area contributed by atoms with Crippen molar-refractivity contribution in [2.75, 3.05) is 20.3 Å². The minimum absolute atomic E-state index is 0.132. The number of rotatable bonds is 9. The number of aliphatic hydroxyl groups excluding tert-OH is 6. The molecule has 262 valence electrons. The molecular weight excluding hydrogens is 648 g/mol. The van der Waals surface area contributed by atoms with Crippen molar-refractivity contribution in [3.05, 3.63) is 40.6 Å². The first-order valence-electron chi connectivity index (χ1n) is 14.4. The van der Waals surface area contributed by atoms with Crippen LogP contribution in [0.2, 0.25) is 0 Å². The number of benzene rings is 2. The van der Waals surface area contributed by atoms with E-state index in [2.05, 4.69) is 0 Å². The third-order valence-electron chi connectivity index (χ3n) is 7.86. The van der Waals surface area contributed by atoms with E-state index < -0.39 is 114 Å². The van der Waals surface area contributed by atoms with Crippen molar-refractivity contribution in [1.29, 1.82) is 0 Å². The van der Waals surface area contributed by atoms with Crippen molar-refractivity contribution >= 4 is 16.9 Å². The first kappa shape index (κ1) is 35.1. The van der Waals surface area contributed by atoms with Gasteiger partial charge in [0, 0.05) is 24.6 Å². The monoisotopic (exact) mass is 682 g/mol. The summed E-state index contributed by atoms with van der Waals surface area (Å²) in [6.45, 7) is -0.321. The van der Waals surface area contributed by atoms with E-state index in [1.54, 1.807) is 0 Å². The number of phenols is 3. The van der Waals surface area contributed by atoms with E-state index in [0.29, 0.717) is 0 Å². The van der Waals surface area contributed by atoms with Crippen LogP contribution in [0.4, 0.5) is 0 Å². The zero-order valence-corrected chi connectivity index (χ0v) is 25.3. The van der Waals surface area contributed by atoms with Gasteiger partial charge in [-0.15, -0.1) is 0 Å². The highest BCUT2D eigenvalue weighted by Gasteiger charge is 2.51. The van der Waals surface area contributed by atoms with Crippen molar-refractivity contribution in [3.8, 4) is 40.1 Å². The van der Waals surface area contributed by atoms with Crippen molar-refractivity contribution in [1.82, 2.24) is 0 Å². The molecule has 48 heavy (non-hydrogen) atoms. The van der Waals surface area contributed by atoms with Gasteiger partial charge < -0.3 is 78.8 Å². The lowest BCUT2D eigenvalue weighted by molar-refractivity contribution is -0.358. The Kier molecular flexibility index (Phi) is 10.3. The van der Waals surface area contributed by atoms with Crippen molar-refractivity contribution < 1.29 is 83.6 Å². The van der Waals surface area contributed by atoms with Gasteiger partial charge in [-0.05, 0) is 18.2 Å². The van der Waals surface area contributed by atoms with Gasteiger partial charge in [0.1, 0.15) is 66.2 Å². The van der Waals surface area contributed by atoms with Crippen LogP contribution in [-0.4, -0.2) is 134 Å². The quantitative estimate of drug-likeness (QED) is 0.0885. The lowest BCUT2D eigenvalue weighted by Gasteiger charge is -2.45. The maximum Gasteiger partial charge on any atom is 0.302 e. The molecule has 2 saturated heterocycles. The molecule has 0 aliphatic carbocycles. The zero-order valence-electron chi connectivity index (χ0n) is 25.3. The highest BCUT2D eigenvalue weighted by atomic mass is 16.8. The van der Waals surface area contributed by atoms with Gasteiger partial charge in [-0.1, -0.05) is 0 Å². The first-order valence-corrected chi connectivity index (χ1v) is 14.4. The van der Waals surface area contributed by atoms with Gasteiger partial charge in [-0.3, -0.25) is 9.59 Å². The van der Waals surface area contributed by atoms with Crippen molar-refractivity contribution in [2.45, 2.75) is 68.3 Å². The highest BCUT2D eigenvalue weighted by Crippen LogP contribution is 2.42. The Labute approximate surface area is 270 Å². The molecule has 0 amide bonds. The van der Waals surface area contributed by atoms with Crippen LogP contribution in [0.3, 0.4) is 0 Å². The van der Waals surface area contributed by atoms with Gasteiger partial charge in [-0.25, -0.2) is 0 Å². The summed E-state index contributed by atoms with van der Waals surface area (Å²) in [5.41, 5.74) is -1.16. The molecule has 9 N–H and O–H groups in total. The Hall–Kier alpha value is -4.24. The number of aromatic hydroxyl groups is 3. The van der Waals surface area contributed by atoms with Crippen LogP contribution in [0.15, 0.2) is 39.5 Å². The fraction of sp³-hybridized carbons (Fsp3) is 0.467. The summed E-state index contributed by atoms with van der Waals surface area (Å²) in [5, 5.41) is 94.2. The number of phenolic OH excluding ortho intramolecular Hbond substituents is 3. The number of methoxy groups -OCH3 is 1. The van der Waals surface area contributed by atoms with E-state index in [1.165, 1.54) is 25.3 Å². The number of fused-ring (bicyclic) bond motifs is 1. The summed E-state index contributed by atoms with van der Waals surface area (Å²) < 4.78 is 38.0. The molecule has 2 aliphatic rings. The first-order chi connectivity index (χ1) is 22.7. The molecular formula is C30H34O18. The predicted octanol–water partition coefficient (Wildman–Crippen LogP) is -1.84. The van der Waals surface area contributed by atoms with E-state index in [0.717, 1.165) is 19.1 Å². The fourth-order valence-corrected chi connectivity index (χ4v) is 5.30. The Morgan fingerprint density at radius 3 is 2.17 bits per heavy atom. The molecule has 0 radical (unpaired) electrons. The minimum Gasteiger partial charge on any atom is -0.507 e. The smallest absolute Gasteiger partial charge is 0.302 e. The maximum atomic E-state index is 13.0. The average Bonchev–Trinajstić information content (AvgIpc) is 3.05. The van der Waals surface area contributed by atoms with E-state index in [9.17, 15) is 55.5 Å².